The highest BCUT2D eigenvalue weighted by Gasteiger charge is 2.22. The molecule has 3 rings (SSSR count). The third kappa shape index (κ3) is 3.12. The lowest BCUT2D eigenvalue weighted by molar-refractivity contribution is 0.100. The predicted octanol–water partition coefficient (Wildman–Crippen LogP) is 4.23. The Morgan fingerprint density at radius 3 is 2.61 bits per heavy atom. The highest BCUT2D eigenvalue weighted by atomic mass is 16.1. The van der Waals surface area contributed by atoms with Crippen molar-refractivity contribution >= 4 is 16.9 Å². The second kappa shape index (κ2) is 6.73. The van der Waals surface area contributed by atoms with E-state index >= 15 is 0 Å². The van der Waals surface area contributed by atoms with Crippen molar-refractivity contribution in [3.8, 4) is 0 Å². The fraction of sp³-hybridized carbons (Fsp3) is 0.579. The molecule has 0 aliphatic heterocycles. The molecule has 0 atom stereocenters. The largest absolute Gasteiger partial charge is 0.366 e. The molecule has 124 valence electrons. The second-order valence-electron chi connectivity index (χ2n) is 6.79. The van der Waals surface area contributed by atoms with E-state index in [1.54, 1.807) is 0 Å². The molecule has 0 saturated heterocycles. The number of fused-ring (bicyclic) bond motifs is 1. The van der Waals surface area contributed by atoms with Crippen LogP contribution in [-0.2, 0) is 6.42 Å². The van der Waals surface area contributed by atoms with Crippen LogP contribution in [0.1, 0.15) is 74.6 Å². The maximum absolute atomic E-state index is 11.4. The van der Waals surface area contributed by atoms with Crippen molar-refractivity contribution in [1.82, 2.24) is 9.55 Å². The lowest BCUT2D eigenvalue weighted by Crippen LogP contribution is -2.14. The molecule has 0 unspecified atom stereocenters. The molecule has 4 heteroatoms. The van der Waals surface area contributed by atoms with E-state index in [0.29, 0.717) is 11.6 Å². The first kappa shape index (κ1) is 16.0. The molecule has 1 aliphatic carbocycles. The molecule has 1 saturated carbocycles. The number of amides is 1. The fourth-order valence-electron chi connectivity index (χ4n) is 3.98. The fourth-order valence-corrected chi connectivity index (χ4v) is 3.98. The van der Waals surface area contributed by atoms with Crippen LogP contribution in [0.4, 0.5) is 0 Å². The number of hydrogen-bond acceptors (Lipinski definition) is 2. The van der Waals surface area contributed by atoms with Gasteiger partial charge in [-0.1, -0.05) is 39.5 Å². The summed E-state index contributed by atoms with van der Waals surface area (Å²) in [6, 6.07) is 6.15. The van der Waals surface area contributed by atoms with Crippen LogP contribution in [0, 0.1) is 5.92 Å². The highest BCUT2D eigenvalue weighted by Crippen LogP contribution is 2.32. The molecule has 1 fully saturated rings. The SMILES string of the molecule is CCC(CC)n1c(CC2CCCC2)nc2cc(C(N)=O)ccc21. The van der Waals surface area contributed by atoms with E-state index in [1.165, 1.54) is 31.5 Å². The standard InChI is InChI=1S/C19H27N3O/c1-3-15(4-2)22-17-10-9-14(19(20)23)12-16(17)21-18(22)11-13-7-5-6-8-13/h9-10,12-13,15H,3-8,11H2,1-2H3,(H2,20,23). The van der Waals surface area contributed by atoms with Crippen molar-refractivity contribution in [3.63, 3.8) is 0 Å². The van der Waals surface area contributed by atoms with E-state index in [1.807, 2.05) is 18.2 Å². The molecule has 1 amide bonds. The highest BCUT2D eigenvalue weighted by molar-refractivity contribution is 5.96. The Balaban J connectivity index is 2.07. The number of rotatable bonds is 6. The summed E-state index contributed by atoms with van der Waals surface area (Å²) in [6.07, 6.45) is 8.58. The van der Waals surface area contributed by atoms with Crippen molar-refractivity contribution in [1.29, 1.82) is 0 Å². The lowest BCUT2D eigenvalue weighted by atomic mass is 10.0. The van der Waals surface area contributed by atoms with Gasteiger partial charge in [-0.25, -0.2) is 4.98 Å². The molecule has 2 N–H and O–H groups in total. The van der Waals surface area contributed by atoms with Crippen molar-refractivity contribution < 1.29 is 4.79 Å². The minimum absolute atomic E-state index is 0.388. The molecular formula is C19H27N3O. The van der Waals surface area contributed by atoms with Crippen LogP contribution in [0.2, 0.25) is 0 Å². The van der Waals surface area contributed by atoms with E-state index in [-0.39, 0.29) is 5.91 Å². The van der Waals surface area contributed by atoms with Gasteiger partial charge >= 0.3 is 0 Å². The van der Waals surface area contributed by atoms with Crippen molar-refractivity contribution in [2.24, 2.45) is 11.7 Å². The smallest absolute Gasteiger partial charge is 0.248 e. The van der Waals surface area contributed by atoms with Crippen molar-refractivity contribution in [2.75, 3.05) is 0 Å². The van der Waals surface area contributed by atoms with Gasteiger partial charge in [0.15, 0.2) is 0 Å². The molecule has 1 aromatic carbocycles. The van der Waals surface area contributed by atoms with Gasteiger partial charge < -0.3 is 10.3 Å². The van der Waals surface area contributed by atoms with Crippen LogP contribution >= 0.6 is 0 Å². The molecule has 1 heterocycles. The van der Waals surface area contributed by atoms with E-state index in [0.717, 1.165) is 36.2 Å². The summed E-state index contributed by atoms with van der Waals surface area (Å²) < 4.78 is 2.42. The Morgan fingerprint density at radius 1 is 1.30 bits per heavy atom. The number of imidazole rings is 1. The van der Waals surface area contributed by atoms with Gasteiger partial charge in [-0.05, 0) is 37.0 Å². The first-order chi connectivity index (χ1) is 11.1. The first-order valence-corrected chi connectivity index (χ1v) is 8.94. The Bertz CT molecular complexity index is 694. The van der Waals surface area contributed by atoms with Gasteiger partial charge in [-0.2, -0.15) is 0 Å². The summed E-state index contributed by atoms with van der Waals surface area (Å²) in [4.78, 5) is 16.3. The predicted molar refractivity (Wildman–Crippen MR) is 93.5 cm³/mol. The van der Waals surface area contributed by atoms with Crippen LogP contribution in [0.3, 0.4) is 0 Å². The average Bonchev–Trinajstić information content (AvgIpc) is 3.16. The van der Waals surface area contributed by atoms with E-state index in [2.05, 4.69) is 18.4 Å². The number of primary amides is 1. The summed E-state index contributed by atoms with van der Waals surface area (Å²) in [5, 5.41) is 0. The molecule has 2 aromatic rings. The average molecular weight is 313 g/mol. The summed E-state index contributed by atoms with van der Waals surface area (Å²) in [5.41, 5.74) is 8.00. The van der Waals surface area contributed by atoms with Crippen LogP contribution in [0.5, 0.6) is 0 Å². The maximum atomic E-state index is 11.4. The second-order valence-corrected chi connectivity index (χ2v) is 6.79. The van der Waals surface area contributed by atoms with E-state index in [4.69, 9.17) is 10.7 Å². The number of aromatic nitrogens is 2. The topological polar surface area (TPSA) is 60.9 Å². The molecule has 4 nitrogen and oxygen atoms in total. The lowest BCUT2D eigenvalue weighted by Gasteiger charge is -2.20. The molecule has 0 radical (unpaired) electrons. The van der Waals surface area contributed by atoms with Gasteiger partial charge in [0, 0.05) is 18.0 Å². The van der Waals surface area contributed by atoms with Gasteiger partial charge in [0.25, 0.3) is 0 Å². The zero-order valence-electron chi connectivity index (χ0n) is 14.2. The number of carbonyl (C=O) groups excluding carboxylic acids is 1. The molecule has 23 heavy (non-hydrogen) atoms. The van der Waals surface area contributed by atoms with Gasteiger partial charge in [0.2, 0.25) is 5.91 Å². The van der Waals surface area contributed by atoms with Gasteiger partial charge in [-0.15, -0.1) is 0 Å². The van der Waals surface area contributed by atoms with Gasteiger partial charge in [-0.3, -0.25) is 4.79 Å². The van der Waals surface area contributed by atoms with Gasteiger partial charge in [0.05, 0.1) is 11.0 Å². The molecular weight excluding hydrogens is 286 g/mol. The van der Waals surface area contributed by atoms with Crippen LogP contribution in [0.15, 0.2) is 18.2 Å². The Hall–Kier alpha value is -1.84. The van der Waals surface area contributed by atoms with Crippen LogP contribution in [-0.4, -0.2) is 15.5 Å². The Morgan fingerprint density at radius 2 is 2.00 bits per heavy atom. The molecule has 0 spiro atoms. The van der Waals surface area contributed by atoms with E-state index < -0.39 is 0 Å². The zero-order chi connectivity index (χ0) is 16.4. The Labute approximate surface area is 138 Å². The summed E-state index contributed by atoms with van der Waals surface area (Å²) in [6.45, 7) is 4.47. The summed E-state index contributed by atoms with van der Waals surface area (Å²) in [7, 11) is 0. The quantitative estimate of drug-likeness (QED) is 0.867. The zero-order valence-corrected chi connectivity index (χ0v) is 14.2. The minimum atomic E-state index is -0.388. The normalized spacial score (nSPS) is 15.8. The molecule has 1 aliphatic rings. The summed E-state index contributed by atoms with van der Waals surface area (Å²) in [5.74, 6) is 1.55. The Kier molecular flexibility index (Phi) is 4.69. The van der Waals surface area contributed by atoms with E-state index in [9.17, 15) is 4.79 Å². The maximum Gasteiger partial charge on any atom is 0.248 e. The van der Waals surface area contributed by atoms with Crippen LogP contribution in [0.25, 0.3) is 11.0 Å². The number of benzene rings is 1. The molecule has 1 aromatic heterocycles. The summed E-state index contributed by atoms with van der Waals surface area (Å²) >= 11 is 0. The monoisotopic (exact) mass is 313 g/mol. The third-order valence-corrected chi connectivity index (χ3v) is 5.30. The molecule has 0 bridgehead atoms. The first-order valence-electron chi connectivity index (χ1n) is 8.94. The minimum Gasteiger partial charge on any atom is -0.366 e. The van der Waals surface area contributed by atoms with Gasteiger partial charge in [0.1, 0.15) is 5.82 Å². The van der Waals surface area contributed by atoms with Crippen molar-refractivity contribution in [2.45, 2.75) is 64.8 Å². The van der Waals surface area contributed by atoms with Crippen molar-refractivity contribution in [3.05, 3.63) is 29.6 Å². The number of hydrogen-bond donors (Lipinski definition) is 1. The number of carbonyl (C=O) groups is 1. The van der Waals surface area contributed by atoms with Crippen LogP contribution < -0.4 is 5.73 Å². The number of nitrogens with two attached hydrogens (primary N) is 1. The number of nitrogens with zero attached hydrogens (tertiary/aromatic N) is 2. The third-order valence-electron chi connectivity index (χ3n) is 5.30.